The van der Waals surface area contributed by atoms with Crippen LogP contribution in [0.2, 0.25) is 5.02 Å². The third-order valence-electron chi connectivity index (χ3n) is 2.75. The fourth-order valence-electron chi connectivity index (χ4n) is 1.85. The average Bonchev–Trinajstić information content (AvgIpc) is 2.47. The molecular formula is C15H14ClO3P. The largest absolute Gasteiger partial charge is 0.320 e. The van der Waals surface area contributed by atoms with E-state index in [1.54, 1.807) is 55.5 Å². The van der Waals surface area contributed by atoms with E-state index in [0.29, 0.717) is 10.3 Å². The van der Waals surface area contributed by atoms with E-state index in [9.17, 15) is 9.36 Å². The zero-order valence-corrected chi connectivity index (χ0v) is 12.6. The summed E-state index contributed by atoms with van der Waals surface area (Å²) in [6, 6.07) is 14.9. The quantitative estimate of drug-likeness (QED) is 0.780. The molecule has 0 radical (unpaired) electrons. The highest BCUT2D eigenvalue weighted by Crippen LogP contribution is 2.48. The predicted octanol–water partition coefficient (Wildman–Crippen LogP) is 4.12. The van der Waals surface area contributed by atoms with Gasteiger partial charge in [0.1, 0.15) is 0 Å². The van der Waals surface area contributed by atoms with Crippen molar-refractivity contribution in [2.24, 2.45) is 0 Å². The molecule has 104 valence electrons. The molecule has 2 aromatic rings. The van der Waals surface area contributed by atoms with Crippen molar-refractivity contribution in [1.29, 1.82) is 0 Å². The lowest BCUT2D eigenvalue weighted by Crippen LogP contribution is -2.15. The molecule has 1 unspecified atom stereocenters. The first-order valence-corrected chi connectivity index (χ1v) is 8.19. The normalized spacial score (nSPS) is 13.7. The van der Waals surface area contributed by atoms with Gasteiger partial charge >= 0.3 is 7.37 Å². The SMILES string of the molecule is CCOP(=O)(C(=O)c1cccc(Cl)c1)c1ccccc1. The van der Waals surface area contributed by atoms with Crippen LogP contribution < -0.4 is 5.30 Å². The van der Waals surface area contributed by atoms with Gasteiger partial charge in [0.2, 0.25) is 0 Å². The molecule has 0 spiro atoms. The van der Waals surface area contributed by atoms with Crippen molar-refractivity contribution in [1.82, 2.24) is 0 Å². The summed E-state index contributed by atoms with van der Waals surface area (Å²) in [5.41, 5.74) is -0.244. The van der Waals surface area contributed by atoms with Gasteiger partial charge in [-0.1, -0.05) is 41.9 Å². The number of hydrogen-bond donors (Lipinski definition) is 0. The van der Waals surface area contributed by atoms with Crippen molar-refractivity contribution < 1.29 is 13.9 Å². The van der Waals surface area contributed by atoms with E-state index in [-0.39, 0.29) is 12.2 Å². The molecule has 1 atom stereocenters. The fraction of sp³-hybridized carbons (Fsp3) is 0.133. The maximum atomic E-state index is 13.0. The van der Waals surface area contributed by atoms with E-state index < -0.39 is 12.9 Å². The third-order valence-corrected chi connectivity index (χ3v) is 5.37. The molecule has 0 N–H and O–H groups in total. The maximum absolute atomic E-state index is 13.0. The predicted molar refractivity (Wildman–Crippen MR) is 81.1 cm³/mol. The topological polar surface area (TPSA) is 43.4 Å². The van der Waals surface area contributed by atoms with Crippen molar-refractivity contribution in [3.05, 3.63) is 65.2 Å². The molecular weight excluding hydrogens is 295 g/mol. The van der Waals surface area contributed by atoms with Crippen LogP contribution in [0.3, 0.4) is 0 Å². The Morgan fingerprint density at radius 3 is 2.45 bits per heavy atom. The number of rotatable bonds is 5. The molecule has 0 fully saturated rings. The number of carbonyl (C=O) groups excluding carboxylic acids is 1. The van der Waals surface area contributed by atoms with E-state index in [4.69, 9.17) is 16.1 Å². The Balaban J connectivity index is 2.48. The fourth-order valence-corrected chi connectivity index (χ4v) is 3.95. The Bertz CT molecular complexity index is 655. The lowest BCUT2D eigenvalue weighted by Gasteiger charge is -2.16. The Morgan fingerprint density at radius 2 is 1.85 bits per heavy atom. The monoisotopic (exact) mass is 308 g/mol. The molecule has 20 heavy (non-hydrogen) atoms. The number of benzene rings is 2. The Morgan fingerprint density at radius 1 is 1.15 bits per heavy atom. The van der Waals surface area contributed by atoms with Gasteiger partial charge in [0.15, 0.2) is 0 Å². The summed E-state index contributed by atoms with van der Waals surface area (Å²) in [4.78, 5) is 12.6. The molecule has 3 nitrogen and oxygen atoms in total. The summed E-state index contributed by atoms with van der Waals surface area (Å²) >= 11 is 5.88. The highest BCUT2D eigenvalue weighted by molar-refractivity contribution is 7.83. The van der Waals surface area contributed by atoms with Crippen LogP contribution in [-0.2, 0) is 9.09 Å². The highest BCUT2D eigenvalue weighted by Gasteiger charge is 2.35. The molecule has 0 heterocycles. The van der Waals surface area contributed by atoms with Crippen molar-refractivity contribution in [3.8, 4) is 0 Å². The van der Waals surface area contributed by atoms with Crippen molar-refractivity contribution in [2.45, 2.75) is 6.92 Å². The highest BCUT2D eigenvalue weighted by atomic mass is 35.5. The van der Waals surface area contributed by atoms with E-state index in [1.165, 1.54) is 6.07 Å². The smallest absolute Gasteiger partial charge is 0.300 e. The molecule has 0 aliphatic heterocycles. The van der Waals surface area contributed by atoms with Gasteiger partial charge in [-0.3, -0.25) is 9.36 Å². The lowest BCUT2D eigenvalue weighted by molar-refractivity contribution is 0.105. The lowest BCUT2D eigenvalue weighted by atomic mass is 10.2. The van der Waals surface area contributed by atoms with Gasteiger partial charge in [-0.05, 0) is 31.2 Å². The second-order valence-corrected chi connectivity index (χ2v) is 6.84. The van der Waals surface area contributed by atoms with Crippen molar-refractivity contribution in [3.63, 3.8) is 0 Å². The first-order valence-electron chi connectivity index (χ1n) is 6.18. The number of carbonyl (C=O) groups is 1. The van der Waals surface area contributed by atoms with Gasteiger partial charge in [-0.15, -0.1) is 0 Å². The van der Waals surface area contributed by atoms with Crippen LogP contribution in [0.4, 0.5) is 0 Å². The minimum Gasteiger partial charge on any atom is -0.320 e. The molecule has 0 aliphatic carbocycles. The molecule has 0 amide bonds. The molecule has 0 saturated heterocycles. The molecule has 0 bridgehead atoms. The van der Waals surface area contributed by atoms with E-state index in [2.05, 4.69) is 0 Å². The van der Waals surface area contributed by atoms with Crippen LogP contribution in [0, 0.1) is 0 Å². The van der Waals surface area contributed by atoms with Gasteiger partial charge in [0, 0.05) is 15.9 Å². The third kappa shape index (κ3) is 3.01. The average molecular weight is 309 g/mol. The van der Waals surface area contributed by atoms with Gasteiger partial charge in [-0.25, -0.2) is 0 Å². The first kappa shape index (κ1) is 15.0. The molecule has 2 rings (SSSR count). The van der Waals surface area contributed by atoms with Crippen LogP contribution in [0.5, 0.6) is 0 Å². The second kappa shape index (κ2) is 6.36. The Hall–Kier alpha value is -1.41. The van der Waals surface area contributed by atoms with Crippen LogP contribution in [-0.4, -0.2) is 12.1 Å². The van der Waals surface area contributed by atoms with Gasteiger partial charge in [0.25, 0.3) is 5.52 Å². The number of halogens is 1. The summed E-state index contributed by atoms with van der Waals surface area (Å²) in [6.07, 6.45) is 0. The summed E-state index contributed by atoms with van der Waals surface area (Å²) < 4.78 is 18.3. The van der Waals surface area contributed by atoms with Gasteiger partial charge < -0.3 is 4.52 Å². The summed E-state index contributed by atoms with van der Waals surface area (Å²) in [7, 11) is -3.60. The summed E-state index contributed by atoms with van der Waals surface area (Å²) in [6.45, 7) is 1.90. The molecule has 5 heteroatoms. The van der Waals surface area contributed by atoms with Crippen LogP contribution in [0.25, 0.3) is 0 Å². The van der Waals surface area contributed by atoms with Crippen molar-refractivity contribution >= 4 is 29.8 Å². The number of hydrogen-bond acceptors (Lipinski definition) is 3. The van der Waals surface area contributed by atoms with Crippen molar-refractivity contribution in [2.75, 3.05) is 6.61 Å². The zero-order chi connectivity index (χ0) is 14.6. The van der Waals surface area contributed by atoms with Crippen LogP contribution >= 0.6 is 19.0 Å². The minimum atomic E-state index is -3.60. The van der Waals surface area contributed by atoms with Gasteiger partial charge in [-0.2, -0.15) is 0 Å². The minimum absolute atomic E-state index is 0.193. The van der Waals surface area contributed by atoms with Crippen LogP contribution in [0.15, 0.2) is 54.6 Å². The van der Waals surface area contributed by atoms with E-state index in [1.807, 2.05) is 0 Å². The zero-order valence-electron chi connectivity index (χ0n) is 11.0. The molecule has 0 saturated carbocycles. The van der Waals surface area contributed by atoms with Gasteiger partial charge in [0.05, 0.1) is 6.61 Å². The Kier molecular flexibility index (Phi) is 4.77. The summed E-state index contributed by atoms with van der Waals surface area (Å²) in [5, 5.41) is 0.818. The van der Waals surface area contributed by atoms with E-state index >= 15 is 0 Å². The Labute approximate surface area is 123 Å². The second-order valence-electron chi connectivity index (χ2n) is 4.12. The maximum Gasteiger partial charge on any atom is 0.300 e. The summed E-state index contributed by atoms with van der Waals surface area (Å²) in [5.74, 6) is 0. The molecule has 0 aliphatic rings. The van der Waals surface area contributed by atoms with Crippen LogP contribution in [0.1, 0.15) is 17.3 Å². The van der Waals surface area contributed by atoms with E-state index in [0.717, 1.165) is 0 Å². The standard InChI is InChI=1S/C15H14ClO3P/c1-2-19-20(18,14-9-4-3-5-10-14)15(17)12-7-6-8-13(16)11-12/h3-11H,2H2,1H3. The first-order chi connectivity index (χ1) is 9.58. The molecule has 0 aromatic heterocycles. The molecule has 2 aromatic carbocycles.